The summed E-state index contributed by atoms with van der Waals surface area (Å²) in [5.41, 5.74) is 2.23. The predicted molar refractivity (Wildman–Crippen MR) is 123 cm³/mol. The van der Waals surface area contributed by atoms with Crippen molar-refractivity contribution in [2.45, 2.75) is 45.8 Å². The van der Waals surface area contributed by atoms with Crippen molar-refractivity contribution < 1.29 is 25.3 Å². The molecule has 0 aromatic heterocycles. The Balaban J connectivity index is 2.42. The lowest BCUT2D eigenvalue weighted by Crippen LogP contribution is -2.50. The monoisotopic (exact) mass is 492 g/mol. The third-order valence-corrected chi connectivity index (χ3v) is 15.0. The molecule has 0 bridgehead atoms. The van der Waals surface area contributed by atoms with Gasteiger partial charge in [-0.15, -0.1) is 0 Å². The minimum absolute atomic E-state index is 0.392. The minimum Gasteiger partial charge on any atom is -0.221 e. The van der Waals surface area contributed by atoms with Crippen LogP contribution in [0, 0.1) is 20.8 Å². The fourth-order valence-corrected chi connectivity index (χ4v) is 11.2. The highest BCUT2D eigenvalue weighted by Gasteiger charge is 2.62. The van der Waals surface area contributed by atoms with Crippen molar-refractivity contribution in [2.75, 3.05) is 0 Å². The van der Waals surface area contributed by atoms with E-state index in [-0.39, 0.29) is 0 Å². The van der Waals surface area contributed by atoms with Gasteiger partial charge in [0.1, 0.15) is 0 Å². The first-order valence-electron chi connectivity index (χ1n) is 9.69. The van der Waals surface area contributed by atoms with E-state index in [4.69, 9.17) is 0 Å². The Hall–Kier alpha value is -2.49. The first-order valence-corrected chi connectivity index (χ1v) is 14.1. The van der Waals surface area contributed by atoms with Crippen LogP contribution in [0.15, 0.2) is 87.5 Å². The smallest absolute Gasteiger partial charge is 0.221 e. The summed E-state index contributed by atoms with van der Waals surface area (Å²) in [5.74, 6) is 0. The number of benzene rings is 3. The zero-order valence-corrected chi connectivity index (χ0v) is 20.6. The molecule has 0 fully saturated rings. The van der Waals surface area contributed by atoms with Gasteiger partial charge in [0.15, 0.2) is 0 Å². The Morgan fingerprint density at radius 1 is 0.438 bits per heavy atom. The average Bonchev–Trinajstić information content (AvgIpc) is 2.73. The van der Waals surface area contributed by atoms with Crippen molar-refractivity contribution in [1.29, 1.82) is 0 Å². The average molecular weight is 493 g/mol. The second kappa shape index (κ2) is 8.13. The molecule has 3 aromatic carbocycles. The Morgan fingerprint density at radius 2 is 0.625 bits per heavy atom. The summed E-state index contributed by atoms with van der Waals surface area (Å²) >= 11 is 0. The van der Waals surface area contributed by atoms with Crippen molar-refractivity contribution in [3.05, 3.63) is 89.5 Å². The summed E-state index contributed by atoms with van der Waals surface area (Å²) in [6.07, 6.45) is 0. The van der Waals surface area contributed by atoms with Gasteiger partial charge >= 0.3 is 0 Å². The molecule has 0 saturated carbocycles. The summed E-state index contributed by atoms with van der Waals surface area (Å²) in [5, 5.41) is 0. The highest BCUT2D eigenvalue weighted by atomic mass is 32.3. The molecule has 0 atom stereocenters. The van der Waals surface area contributed by atoms with Gasteiger partial charge in [0, 0.05) is 0 Å². The predicted octanol–water partition coefficient (Wildman–Crippen LogP) is 4.01. The summed E-state index contributed by atoms with van der Waals surface area (Å²) in [4.78, 5) is -1.18. The topological polar surface area (TPSA) is 102 Å². The second-order valence-electron chi connectivity index (χ2n) is 7.81. The van der Waals surface area contributed by atoms with Crippen molar-refractivity contribution in [1.82, 2.24) is 0 Å². The molecule has 0 spiro atoms. The molecule has 0 unspecified atom stereocenters. The summed E-state index contributed by atoms with van der Waals surface area (Å²) in [6, 6.07) is 16.3. The van der Waals surface area contributed by atoms with Crippen LogP contribution in [-0.4, -0.2) is 28.7 Å². The maximum absolute atomic E-state index is 13.8. The van der Waals surface area contributed by atoms with Crippen LogP contribution in [0.2, 0.25) is 0 Å². The van der Waals surface area contributed by atoms with E-state index in [9.17, 15) is 25.3 Å². The molecule has 0 aliphatic heterocycles. The molecule has 3 aromatic rings. The van der Waals surface area contributed by atoms with Gasteiger partial charge in [-0.3, -0.25) is 0 Å². The van der Waals surface area contributed by atoms with Crippen LogP contribution in [0.3, 0.4) is 0 Å². The van der Waals surface area contributed by atoms with Crippen LogP contribution < -0.4 is 0 Å². The molecular weight excluding hydrogens is 468 g/mol. The zero-order chi connectivity index (χ0) is 23.9. The number of hydrogen-bond acceptors (Lipinski definition) is 6. The van der Waals surface area contributed by atoms with Crippen LogP contribution in [0.4, 0.5) is 0 Å². The Bertz CT molecular complexity index is 1270. The maximum Gasteiger partial charge on any atom is 0.282 e. The molecule has 32 heavy (non-hydrogen) atoms. The quantitative estimate of drug-likeness (QED) is 0.515. The highest BCUT2D eigenvalue weighted by molar-refractivity contribution is 8.25. The van der Waals surface area contributed by atoms with E-state index in [1.54, 1.807) is 20.8 Å². The van der Waals surface area contributed by atoms with Crippen LogP contribution in [0.25, 0.3) is 0 Å². The van der Waals surface area contributed by atoms with E-state index >= 15 is 0 Å². The fraction of sp³-hybridized carbons (Fsp3) is 0.217. The normalized spacial score (nSPS) is 13.1. The van der Waals surface area contributed by atoms with Gasteiger partial charge in [0.25, 0.3) is 3.41 Å². The van der Waals surface area contributed by atoms with Crippen LogP contribution in [0.5, 0.6) is 0 Å². The van der Waals surface area contributed by atoms with Gasteiger partial charge in [-0.1, -0.05) is 53.1 Å². The molecule has 0 saturated heterocycles. The second-order valence-corrected chi connectivity index (χ2v) is 15.5. The van der Waals surface area contributed by atoms with Crippen molar-refractivity contribution in [3.63, 3.8) is 0 Å². The summed E-state index contributed by atoms with van der Waals surface area (Å²) in [6.45, 7) is 5.97. The fourth-order valence-electron chi connectivity index (χ4n) is 3.23. The van der Waals surface area contributed by atoms with Crippen LogP contribution in [-0.2, 0) is 29.5 Å². The van der Waals surface area contributed by atoms with Gasteiger partial charge in [-0.2, -0.15) is 0 Å². The van der Waals surface area contributed by atoms with E-state index in [0.29, 0.717) is 0 Å². The van der Waals surface area contributed by atoms with E-state index in [0.717, 1.165) is 23.6 Å². The van der Waals surface area contributed by atoms with Gasteiger partial charge in [0.05, 0.1) is 14.7 Å². The van der Waals surface area contributed by atoms with Gasteiger partial charge < -0.3 is 0 Å². The van der Waals surface area contributed by atoms with Crippen molar-refractivity contribution >= 4 is 29.5 Å². The molecule has 9 heteroatoms. The van der Waals surface area contributed by atoms with Crippen LogP contribution in [0.1, 0.15) is 23.6 Å². The maximum atomic E-state index is 13.8. The Morgan fingerprint density at radius 3 is 0.812 bits per heavy atom. The molecule has 0 aliphatic rings. The zero-order valence-electron chi connectivity index (χ0n) is 18.1. The first kappa shape index (κ1) is 24.2. The summed E-state index contributed by atoms with van der Waals surface area (Å²) < 4.78 is 79.5. The summed E-state index contributed by atoms with van der Waals surface area (Å²) in [7, 11) is -14.8. The van der Waals surface area contributed by atoms with E-state index in [1.165, 1.54) is 72.8 Å². The molecule has 0 aliphatic carbocycles. The largest absolute Gasteiger partial charge is 0.282 e. The number of rotatable bonds is 6. The number of hydrogen-bond donors (Lipinski definition) is 0. The number of aryl methyl sites for hydroxylation is 3. The van der Waals surface area contributed by atoms with Crippen LogP contribution >= 0.6 is 0 Å². The van der Waals surface area contributed by atoms with E-state index < -0.39 is 47.6 Å². The van der Waals surface area contributed by atoms with E-state index in [2.05, 4.69) is 0 Å². The van der Waals surface area contributed by atoms with E-state index in [1.807, 2.05) is 0 Å². The molecule has 170 valence electrons. The molecule has 0 radical (unpaired) electrons. The standard InChI is InChI=1S/C23H24O6S3/c1-17-5-11-20(12-6-17)30(24,25)23(4,31(26,27)21-13-7-18(2)8-14-21)32(28,29)22-15-9-19(3)10-16-22/h5-16H,1-4H3. The minimum atomic E-state index is -4.93. The van der Waals surface area contributed by atoms with Gasteiger partial charge in [0.2, 0.25) is 29.5 Å². The first-order chi connectivity index (χ1) is 14.7. The molecular formula is C23H24O6S3. The van der Waals surface area contributed by atoms with Gasteiger partial charge in [-0.05, 0) is 64.1 Å². The molecule has 6 nitrogen and oxygen atoms in total. The third kappa shape index (κ3) is 3.68. The highest BCUT2D eigenvalue weighted by Crippen LogP contribution is 2.43. The van der Waals surface area contributed by atoms with Crippen molar-refractivity contribution in [3.8, 4) is 0 Å². The molecule has 0 heterocycles. The Kier molecular flexibility index (Phi) is 6.14. The lowest BCUT2D eigenvalue weighted by Gasteiger charge is -2.29. The Labute approximate surface area is 189 Å². The van der Waals surface area contributed by atoms with Gasteiger partial charge in [-0.25, -0.2) is 25.3 Å². The lowest BCUT2D eigenvalue weighted by atomic mass is 10.2. The SMILES string of the molecule is Cc1ccc(S(=O)(=O)C(C)(S(=O)(=O)c2ccc(C)cc2)S(=O)(=O)c2ccc(C)cc2)cc1. The lowest BCUT2D eigenvalue weighted by molar-refractivity contribution is 0.554. The molecule has 0 N–H and O–H groups in total. The molecule has 0 amide bonds. The third-order valence-electron chi connectivity index (χ3n) is 5.46. The number of sulfone groups is 3. The molecule has 3 rings (SSSR count). The van der Waals surface area contributed by atoms with Crippen molar-refractivity contribution in [2.24, 2.45) is 0 Å².